The minimum absolute atomic E-state index is 0.00414. The number of hydrogen-bond donors (Lipinski definition) is 2. The van der Waals surface area contributed by atoms with Crippen LogP contribution in [0.5, 0.6) is 0 Å². The SMILES string of the molecule is CC(=O)N1CCc2c(sc(NC(=O)CSc3cccc(NC(=O)c4cccc(Cl)c4)c3)c2C#N)C1. The molecule has 35 heavy (non-hydrogen) atoms. The van der Waals surface area contributed by atoms with Crippen LogP contribution in [0.4, 0.5) is 10.7 Å². The number of carbonyl (C=O) groups is 3. The van der Waals surface area contributed by atoms with Gasteiger partial charge in [0.15, 0.2) is 0 Å². The van der Waals surface area contributed by atoms with Crippen LogP contribution >= 0.6 is 34.7 Å². The van der Waals surface area contributed by atoms with E-state index in [0.29, 0.717) is 46.3 Å². The van der Waals surface area contributed by atoms with E-state index in [1.807, 2.05) is 6.07 Å². The third-order valence-corrected chi connectivity index (χ3v) is 7.78. The molecule has 2 aromatic carbocycles. The van der Waals surface area contributed by atoms with E-state index < -0.39 is 0 Å². The van der Waals surface area contributed by atoms with Gasteiger partial charge in [-0.25, -0.2) is 0 Å². The van der Waals surface area contributed by atoms with Crippen LogP contribution in [0, 0.1) is 11.3 Å². The quantitative estimate of drug-likeness (QED) is 0.433. The Bertz CT molecular complexity index is 1350. The second-order valence-electron chi connectivity index (χ2n) is 7.84. The highest BCUT2D eigenvalue weighted by Crippen LogP contribution is 2.37. The lowest BCUT2D eigenvalue weighted by Crippen LogP contribution is -2.33. The molecular weight excluding hydrogens is 504 g/mol. The molecule has 178 valence electrons. The van der Waals surface area contributed by atoms with Gasteiger partial charge >= 0.3 is 0 Å². The van der Waals surface area contributed by atoms with Gasteiger partial charge in [-0.3, -0.25) is 14.4 Å². The van der Waals surface area contributed by atoms with E-state index in [9.17, 15) is 19.6 Å². The predicted molar refractivity (Wildman–Crippen MR) is 139 cm³/mol. The van der Waals surface area contributed by atoms with Crippen LogP contribution in [-0.4, -0.2) is 34.9 Å². The van der Waals surface area contributed by atoms with Gasteiger partial charge in [-0.15, -0.1) is 23.1 Å². The molecule has 0 radical (unpaired) electrons. The van der Waals surface area contributed by atoms with Crippen molar-refractivity contribution in [3.05, 3.63) is 75.1 Å². The maximum Gasteiger partial charge on any atom is 0.255 e. The molecule has 0 saturated heterocycles. The van der Waals surface area contributed by atoms with Crippen molar-refractivity contribution >= 4 is 63.1 Å². The number of thiophene rings is 1. The highest BCUT2D eigenvalue weighted by molar-refractivity contribution is 8.00. The molecule has 4 rings (SSSR count). The number of carbonyl (C=O) groups excluding carboxylic acids is 3. The maximum atomic E-state index is 12.6. The van der Waals surface area contributed by atoms with Crippen molar-refractivity contribution < 1.29 is 14.4 Å². The Labute approximate surface area is 216 Å². The van der Waals surface area contributed by atoms with Crippen molar-refractivity contribution in [3.63, 3.8) is 0 Å². The normalized spacial score (nSPS) is 12.4. The summed E-state index contributed by atoms with van der Waals surface area (Å²) in [5.41, 5.74) is 2.46. The third-order valence-electron chi connectivity index (χ3n) is 5.42. The van der Waals surface area contributed by atoms with E-state index in [4.69, 9.17) is 11.6 Å². The number of nitrogens with zero attached hydrogens (tertiary/aromatic N) is 2. The Morgan fingerprint density at radius 1 is 1.17 bits per heavy atom. The number of nitrogens with one attached hydrogen (secondary N) is 2. The second kappa shape index (κ2) is 11.0. The number of benzene rings is 2. The van der Waals surface area contributed by atoms with Gasteiger partial charge in [0.05, 0.1) is 17.9 Å². The fourth-order valence-electron chi connectivity index (χ4n) is 3.69. The van der Waals surface area contributed by atoms with Crippen LogP contribution in [0.2, 0.25) is 5.02 Å². The lowest BCUT2D eigenvalue weighted by molar-refractivity contribution is -0.129. The van der Waals surface area contributed by atoms with Gasteiger partial charge < -0.3 is 15.5 Å². The van der Waals surface area contributed by atoms with Gasteiger partial charge in [-0.1, -0.05) is 23.7 Å². The highest BCUT2D eigenvalue weighted by atomic mass is 35.5. The van der Waals surface area contributed by atoms with Crippen molar-refractivity contribution in [1.82, 2.24) is 4.90 Å². The number of nitriles is 1. The molecule has 3 amide bonds. The average molecular weight is 525 g/mol. The molecule has 0 spiro atoms. The first kappa shape index (κ1) is 24.8. The monoisotopic (exact) mass is 524 g/mol. The van der Waals surface area contributed by atoms with Crippen LogP contribution in [0.15, 0.2) is 53.4 Å². The fraction of sp³-hybridized carbons (Fsp3) is 0.200. The Morgan fingerprint density at radius 2 is 1.97 bits per heavy atom. The molecule has 0 saturated carbocycles. The van der Waals surface area contributed by atoms with Crippen LogP contribution in [0.1, 0.15) is 33.3 Å². The van der Waals surface area contributed by atoms with Gasteiger partial charge in [0.2, 0.25) is 11.8 Å². The number of amides is 3. The standard InChI is InChI=1S/C25H21ClN4O3S2/c1-15(31)30-9-8-20-21(12-27)25(35-22(20)13-30)29-23(32)14-34-19-7-3-6-18(11-19)28-24(33)16-4-2-5-17(26)10-16/h2-7,10-11H,8-9,13-14H2,1H3,(H,28,33)(H,29,32). The lowest BCUT2D eigenvalue weighted by atomic mass is 10.0. The summed E-state index contributed by atoms with van der Waals surface area (Å²) in [4.78, 5) is 40.3. The Balaban J connectivity index is 1.37. The summed E-state index contributed by atoms with van der Waals surface area (Å²) < 4.78 is 0. The molecular formula is C25H21ClN4O3S2. The zero-order valence-electron chi connectivity index (χ0n) is 18.8. The second-order valence-corrected chi connectivity index (χ2v) is 10.4. The molecule has 3 aromatic rings. The van der Waals surface area contributed by atoms with Gasteiger partial charge in [0.1, 0.15) is 11.1 Å². The molecule has 10 heteroatoms. The summed E-state index contributed by atoms with van der Waals surface area (Å²) in [6.07, 6.45) is 0.604. The fourth-order valence-corrected chi connectivity index (χ4v) is 5.86. The van der Waals surface area contributed by atoms with Crippen LogP contribution < -0.4 is 10.6 Å². The van der Waals surface area contributed by atoms with Crippen molar-refractivity contribution in [1.29, 1.82) is 5.26 Å². The highest BCUT2D eigenvalue weighted by Gasteiger charge is 2.26. The predicted octanol–water partition coefficient (Wildman–Crippen LogP) is 5.16. The molecule has 1 aliphatic rings. The Morgan fingerprint density at radius 3 is 2.71 bits per heavy atom. The Hall–Kier alpha value is -3.32. The first-order chi connectivity index (χ1) is 16.8. The molecule has 0 bridgehead atoms. The summed E-state index contributed by atoms with van der Waals surface area (Å²) in [5, 5.41) is 16.3. The molecule has 0 atom stereocenters. The average Bonchev–Trinajstić information content (AvgIpc) is 3.19. The summed E-state index contributed by atoms with van der Waals surface area (Å²) in [5.74, 6) is -0.377. The largest absolute Gasteiger partial charge is 0.337 e. The number of hydrogen-bond acceptors (Lipinski definition) is 6. The number of fused-ring (bicyclic) bond motifs is 1. The lowest BCUT2D eigenvalue weighted by Gasteiger charge is -2.25. The first-order valence-corrected chi connectivity index (χ1v) is 12.9. The molecule has 0 aliphatic carbocycles. The van der Waals surface area contributed by atoms with E-state index >= 15 is 0 Å². The summed E-state index contributed by atoms with van der Waals surface area (Å²) >= 11 is 8.64. The van der Waals surface area contributed by atoms with E-state index in [1.165, 1.54) is 30.0 Å². The zero-order chi connectivity index (χ0) is 24.9. The van der Waals surface area contributed by atoms with Crippen LogP contribution in [-0.2, 0) is 22.6 Å². The minimum atomic E-state index is -0.276. The van der Waals surface area contributed by atoms with E-state index in [0.717, 1.165) is 15.3 Å². The molecule has 1 aliphatic heterocycles. The van der Waals surface area contributed by atoms with E-state index in [-0.39, 0.29) is 23.5 Å². The summed E-state index contributed by atoms with van der Waals surface area (Å²) in [7, 11) is 0. The maximum absolute atomic E-state index is 12.6. The van der Waals surface area contributed by atoms with Crippen LogP contribution in [0.3, 0.4) is 0 Å². The number of anilines is 2. The molecule has 1 aromatic heterocycles. The molecule has 2 N–H and O–H groups in total. The van der Waals surface area contributed by atoms with Crippen molar-refractivity contribution in [2.24, 2.45) is 0 Å². The minimum Gasteiger partial charge on any atom is -0.337 e. The van der Waals surface area contributed by atoms with Gasteiger partial charge in [0.25, 0.3) is 5.91 Å². The summed E-state index contributed by atoms with van der Waals surface area (Å²) in [6, 6.07) is 16.1. The van der Waals surface area contributed by atoms with Gasteiger partial charge in [0, 0.05) is 39.5 Å². The molecule has 7 nitrogen and oxygen atoms in total. The van der Waals surface area contributed by atoms with Gasteiger partial charge in [-0.2, -0.15) is 5.26 Å². The van der Waals surface area contributed by atoms with Gasteiger partial charge in [-0.05, 0) is 48.4 Å². The molecule has 0 unspecified atom stereocenters. The Kier molecular flexibility index (Phi) is 7.76. The van der Waals surface area contributed by atoms with Crippen molar-refractivity contribution in [2.45, 2.75) is 24.8 Å². The van der Waals surface area contributed by atoms with E-state index in [1.54, 1.807) is 47.4 Å². The number of rotatable bonds is 6. The first-order valence-electron chi connectivity index (χ1n) is 10.7. The third kappa shape index (κ3) is 6.03. The van der Waals surface area contributed by atoms with E-state index in [2.05, 4.69) is 16.7 Å². The van der Waals surface area contributed by atoms with Crippen molar-refractivity contribution in [2.75, 3.05) is 22.9 Å². The topological polar surface area (TPSA) is 102 Å². The zero-order valence-corrected chi connectivity index (χ0v) is 21.1. The number of thioether (sulfide) groups is 1. The van der Waals surface area contributed by atoms with Crippen molar-refractivity contribution in [3.8, 4) is 6.07 Å². The van der Waals surface area contributed by atoms with Crippen LogP contribution in [0.25, 0.3) is 0 Å². The number of halogens is 1. The molecule has 0 fully saturated rings. The molecule has 2 heterocycles. The summed E-state index contributed by atoms with van der Waals surface area (Å²) in [6.45, 7) is 2.56. The smallest absolute Gasteiger partial charge is 0.255 e.